The maximum absolute atomic E-state index is 3.27. The Bertz CT molecular complexity index is 204. The van der Waals surface area contributed by atoms with Crippen LogP contribution in [0.1, 0.15) is 97.8 Å². The molecule has 0 spiro atoms. The highest BCUT2D eigenvalue weighted by atomic mass is 14.0. The molecule has 0 aliphatic rings. The van der Waals surface area contributed by atoms with Crippen molar-refractivity contribution in [3.05, 3.63) is 0 Å². The van der Waals surface area contributed by atoms with Crippen LogP contribution in [-0.4, -0.2) is 0 Å². The summed E-state index contributed by atoms with van der Waals surface area (Å²) in [4.78, 5) is 0. The molecule has 0 amide bonds. The third-order valence-corrected chi connectivity index (χ3v) is 3.30. The fraction of sp³-hybridized carbons (Fsp3) is 0.889. The van der Waals surface area contributed by atoms with Crippen LogP contribution in [0.25, 0.3) is 0 Å². The second-order valence-electron chi connectivity index (χ2n) is 5.76. The van der Waals surface area contributed by atoms with Crippen LogP contribution in [-0.2, 0) is 0 Å². The number of rotatable bonds is 11. The largest absolute Gasteiger partial charge is 0.103 e. The van der Waals surface area contributed by atoms with Crippen LogP contribution in [0.4, 0.5) is 0 Å². The number of hydrogen-bond donors (Lipinski definition) is 0. The van der Waals surface area contributed by atoms with E-state index in [1.165, 1.54) is 70.6 Å². The van der Waals surface area contributed by atoms with Gasteiger partial charge in [-0.1, -0.05) is 85.0 Å². The Morgan fingerprint density at radius 3 is 1.56 bits per heavy atom. The summed E-state index contributed by atoms with van der Waals surface area (Å²) in [5, 5.41) is 0. The smallest absolute Gasteiger partial charge is 0.0146 e. The van der Waals surface area contributed by atoms with Crippen molar-refractivity contribution < 1.29 is 0 Å². The zero-order valence-electron chi connectivity index (χ0n) is 13.1. The van der Waals surface area contributed by atoms with Crippen LogP contribution >= 0.6 is 0 Å². The molecule has 0 aromatic heterocycles. The van der Waals surface area contributed by atoms with E-state index >= 15 is 0 Å². The maximum atomic E-state index is 3.27. The van der Waals surface area contributed by atoms with Gasteiger partial charge in [0, 0.05) is 12.3 Å². The lowest BCUT2D eigenvalue weighted by atomic mass is 10.1. The Labute approximate surface area is 116 Å². The maximum Gasteiger partial charge on any atom is 0.0146 e. The van der Waals surface area contributed by atoms with E-state index < -0.39 is 0 Å². The topological polar surface area (TPSA) is 0 Å². The first-order chi connectivity index (χ1) is 8.77. The second-order valence-corrected chi connectivity index (χ2v) is 5.76. The van der Waals surface area contributed by atoms with Crippen molar-refractivity contribution in [2.24, 2.45) is 5.92 Å². The molecule has 0 nitrogen and oxygen atoms in total. The molecule has 0 aromatic carbocycles. The van der Waals surface area contributed by atoms with E-state index in [1.807, 2.05) is 0 Å². The summed E-state index contributed by atoms with van der Waals surface area (Å²) in [6.45, 7) is 6.60. The highest BCUT2D eigenvalue weighted by Crippen LogP contribution is 2.11. The molecule has 0 rings (SSSR count). The van der Waals surface area contributed by atoms with Crippen LogP contribution in [0.3, 0.4) is 0 Å². The molecule has 0 saturated heterocycles. The van der Waals surface area contributed by atoms with Gasteiger partial charge in [0.25, 0.3) is 0 Å². The third-order valence-electron chi connectivity index (χ3n) is 3.30. The van der Waals surface area contributed by atoms with Crippen molar-refractivity contribution in [2.45, 2.75) is 97.8 Å². The monoisotopic (exact) mass is 250 g/mol. The summed E-state index contributed by atoms with van der Waals surface area (Å²) in [6, 6.07) is 0. The first kappa shape index (κ1) is 17.6. The molecule has 0 radical (unpaired) electrons. The third kappa shape index (κ3) is 15.6. The van der Waals surface area contributed by atoms with Gasteiger partial charge in [-0.25, -0.2) is 0 Å². The van der Waals surface area contributed by atoms with Gasteiger partial charge in [0.05, 0.1) is 0 Å². The molecule has 0 fully saturated rings. The molecule has 0 aromatic rings. The fourth-order valence-electron chi connectivity index (χ4n) is 2.15. The van der Waals surface area contributed by atoms with Gasteiger partial charge >= 0.3 is 0 Å². The van der Waals surface area contributed by atoms with Gasteiger partial charge in [-0.3, -0.25) is 0 Å². The molecular weight excluding hydrogens is 216 g/mol. The van der Waals surface area contributed by atoms with Gasteiger partial charge in [-0.05, 0) is 6.42 Å². The van der Waals surface area contributed by atoms with Crippen molar-refractivity contribution in [1.29, 1.82) is 0 Å². The molecule has 0 N–H and O–H groups in total. The summed E-state index contributed by atoms with van der Waals surface area (Å²) in [5.41, 5.74) is 0. The minimum atomic E-state index is 0.540. The molecule has 0 atom stereocenters. The van der Waals surface area contributed by atoms with Gasteiger partial charge < -0.3 is 0 Å². The van der Waals surface area contributed by atoms with Crippen LogP contribution in [0.15, 0.2) is 0 Å². The first-order valence-electron chi connectivity index (χ1n) is 8.25. The van der Waals surface area contributed by atoms with Crippen molar-refractivity contribution in [3.8, 4) is 11.8 Å². The fourth-order valence-corrected chi connectivity index (χ4v) is 2.15. The van der Waals surface area contributed by atoms with Crippen LogP contribution in [0, 0.1) is 17.8 Å². The first-order valence-corrected chi connectivity index (χ1v) is 8.25. The molecule has 0 heteroatoms. The van der Waals surface area contributed by atoms with E-state index in [2.05, 4.69) is 32.6 Å². The Morgan fingerprint density at radius 1 is 0.667 bits per heavy atom. The van der Waals surface area contributed by atoms with E-state index in [4.69, 9.17) is 0 Å². The summed E-state index contributed by atoms with van der Waals surface area (Å²) in [6.07, 6.45) is 16.7. The standard InChI is InChI=1S/C18H34/c1-4-5-6-7-8-9-10-11-12-13-14-15-16-17-18(2)3/h18H,4-15H2,1-3H3. The van der Waals surface area contributed by atoms with Crippen molar-refractivity contribution in [2.75, 3.05) is 0 Å². The SMILES string of the molecule is CCCCCCCCCCCCCC#CC(C)C. The number of hydrogen-bond acceptors (Lipinski definition) is 0. The Hall–Kier alpha value is -0.440. The molecule has 0 aliphatic carbocycles. The van der Waals surface area contributed by atoms with Gasteiger partial charge in [0.2, 0.25) is 0 Å². The average molecular weight is 250 g/mol. The van der Waals surface area contributed by atoms with E-state index in [-0.39, 0.29) is 0 Å². The van der Waals surface area contributed by atoms with Crippen molar-refractivity contribution in [3.63, 3.8) is 0 Å². The van der Waals surface area contributed by atoms with Gasteiger partial charge in [0.1, 0.15) is 0 Å². The zero-order chi connectivity index (χ0) is 13.5. The van der Waals surface area contributed by atoms with E-state index in [9.17, 15) is 0 Å². The zero-order valence-corrected chi connectivity index (χ0v) is 13.1. The Kier molecular flexibility index (Phi) is 14.3. The molecule has 0 saturated carbocycles. The number of unbranched alkanes of at least 4 members (excludes halogenated alkanes) is 11. The minimum Gasteiger partial charge on any atom is -0.103 e. The lowest BCUT2D eigenvalue weighted by Gasteiger charge is -2.01. The van der Waals surface area contributed by atoms with E-state index in [0.717, 1.165) is 6.42 Å². The summed E-state index contributed by atoms with van der Waals surface area (Å²) < 4.78 is 0. The van der Waals surface area contributed by atoms with E-state index in [1.54, 1.807) is 0 Å². The van der Waals surface area contributed by atoms with Crippen LogP contribution in [0.2, 0.25) is 0 Å². The molecule has 0 bridgehead atoms. The van der Waals surface area contributed by atoms with Gasteiger partial charge in [-0.15, -0.1) is 11.8 Å². The van der Waals surface area contributed by atoms with Crippen molar-refractivity contribution >= 4 is 0 Å². The summed E-state index contributed by atoms with van der Waals surface area (Å²) >= 11 is 0. The lowest BCUT2D eigenvalue weighted by Crippen LogP contribution is -1.82. The van der Waals surface area contributed by atoms with Gasteiger partial charge in [0.15, 0.2) is 0 Å². The molecule has 18 heavy (non-hydrogen) atoms. The average Bonchev–Trinajstić information content (AvgIpc) is 2.34. The minimum absolute atomic E-state index is 0.540. The van der Waals surface area contributed by atoms with Crippen molar-refractivity contribution in [1.82, 2.24) is 0 Å². The normalized spacial score (nSPS) is 10.4. The van der Waals surface area contributed by atoms with Gasteiger partial charge in [-0.2, -0.15) is 0 Å². The summed E-state index contributed by atoms with van der Waals surface area (Å²) in [7, 11) is 0. The highest BCUT2D eigenvalue weighted by molar-refractivity contribution is 5.00. The lowest BCUT2D eigenvalue weighted by molar-refractivity contribution is 0.551. The summed E-state index contributed by atoms with van der Waals surface area (Å²) in [5.74, 6) is 7.04. The highest BCUT2D eigenvalue weighted by Gasteiger charge is 1.92. The molecule has 0 aliphatic heterocycles. The Balaban J connectivity index is 3.02. The molecule has 0 heterocycles. The predicted molar refractivity (Wildman–Crippen MR) is 83.7 cm³/mol. The second kappa shape index (κ2) is 14.6. The quantitative estimate of drug-likeness (QED) is 0.296. The van der Waals surface area contributed by atoms with Crippen LogP contribution in [0.5, 0.6) is 0 Å². The van der Waals surface area contributed by atoms with E-state index in [0.29, 0.717) is 5.92 Å². The predicted octanol–water partition coefficient (Wildman–Crippen LogP) is 6.35. The molecule has 0 unspecified atom stereocenters. The van der Waals surface area contributed by atoms with Crippen LogP contribution < -0.4 is 0 Å². The Morgan fingerprint density at radius 2 is 1.11 bits per heavy atom. The molecule has 106 valence electrons. The molecular formula is C18H34.